The van der Waals surface area contributed by atoms with Crippen molar-refractivity contribution >= 4 is 31.0 Å². The first kappa shape index (κ1) is 26.7. The first-order valence-electron chi connectivity index (χ1n) is 10.7. The fourth-order valence-electron chi connectivity index (χ4n) is 3.27. The molecule has 34 heavy (non-hydrogen) atoms. The smallest absolute Gasteiger partial charge is 0.251 e. The maximum Gasteiger partial charge on any atom is 0.251 e. The molecule has 0 radical (unpaired) electrons. The van der Waals surface area contributed by atoms with Gasteiger partial charge in [-0.3, -0.25) is 4.79 Å². The second kappa shape index (κ2) is 12.6. The Hall–Kier alpha value is -3.59. The SMILES string of the molecule is C=C(C)CNc1ccc(-c2cc(NC[C@@H](C)c3ccc(C(=O)NC)cc3OC)ncn2)cn1.S. The molecule has 180 valence electrons. The van der Waals surface area contributed by atoms with E-state index in [1.54, 1.807) is 32.5 Å². The van der Waals surface area contributed by atoms with Crippen LogP contribution in [0.15, 0.2) is 61.1 Å². The first-order valence-corrected chi connectivity index (χ1v) is 10.7. The molecule has 3 N–H and O–H groups in total. The Morgan fingerprint density at radius 2 is 1.88 bits per heavy atom. The number of hydrogen-bond acceptors (Lipinski definition) is 7. The molecule has 9 heteroatoms. The summed E-state index contributed by atoms with van der Waals surface area (Å²) in [5, 5.41) is 9.21. The average Bonchev–Trinajstić information content (AvgIpc) is 2.85. The Balaban J connectivity index is 0.00000408. The van der Waals surface area contributed by atoms with Crippen LogP contribution in [0, 0.1) is 0 Å². The van der Waals surface area contributed by atoms with Crippen molar-refractivity contribution in [1.82, 2.24) is 20.3 Å². The number of carbonyl (C=O) groups is 1. The summed E-state index contributed by atoms with van der Waals surface area (Å²) in [6, 6.07) is 11.3. The number of rotatable bonds is 10. The molecule has 1 aromatic carbocycles. The lowest BCUT2D eigenvalue weighted by Crippen LogP contribution is -2.18. The molecule has 0 saturated carbocycles. The number of ether oxygens (including phenoxy) is 1. The third-order valence-corrected chi connectivity index (χ3v) is 5.14. The molecule has 0 bridgehead atoms. The zero-order valence-corrected chi connectivity index (χ0v) is 21.0. The van der Waals surface area contributed by atoms with Crippen molar-refractivity contribution in [3.8, 4) is 17.0 Å². The summed E-state index contributed by atoms with van der Waals surface area (Å²) in [6.07, 6.45) is 3.32. The van der Waals surface area contributed by atoms with Gasteiger partial charge in [0.05, 0.1) is 12.8 Å². The van der Waals surface area contributed by atoms with Gasteiger partial charge < -0.3 is 20.7 Å². The van der Waals surface area contributed by atoms with Crippen LogP contribution in [0.2, 0.25) is 0 Å². The lowest BCUT2D eigenvalue weighted by atomic mass is 9.98. The number of benzene rings is 1. The Morgan fingerprint density at radius 1 is 1.09 bits per heavy atom. The van der Waals surface area contributed by atoms with E-state index in [-0.39, 0.29) is 25.3 Å². The van der Waals surface area contributed by atoms with E-state index in [0.717, 1.165) is 34.0 Å². The van der Waals surface area contributed by atoms with Gasteiger partial charge in [0.2, 0.25) is 0 Å². The van der Waals surface area contributed by atoms with Crippen LogP contribution in [0.4, 0.5) is 11.6 Å². The fourth-order valence-corrected chi connectivity index (χ4v) is 3.27. The summed E-state index contributed by atoms with van der Waals surface area (Å²) in [5.41, 5.74) is 4.30. The molecule has 0 unspecified atom stereocenters. The van der Waals surface area contributed by atoms with Crippen LogP contribution in [-0.2, 0) is 0 Å². The minimum atomic E-state index is -0.145. The second-order valence-electron chi connectivity index (χ2n) is 7.85. The van der Waals surface area contributed by atoms with Gasteiger partial charge in [-0.2, -0.15) is 13.5 Å². The number of hydrogen-bond donors (Lipinski definition) is 3. The summed E-state index contributed by atoms with van der Waals surface area (Å²) < 4.78 is 5.52. The predicted octanol–water partition coefficient (Wildman–Crippen LogP) is 4.22. The van der Waals surface area contributed by atoms with Crippen LogP contribution in [0.1, 0.15) is 35.7 Å². The zero-order valence-electron chi connectivity index (χ0n) is 20.0. The van der Waals surface area contributed by atoms with Gasteiger partial charge >= 0.3 is 0 Å². The largest absolute Gasteiger partial charge is 0.496 e. The van der Waals surface area contributed by atoms with Gasteiger partial charge in [-0.1, -0.05) is 25.1 Å². The molecule has 0 aliphatic heterocycles. The van der Waals surface area contributed by atoms with Crippen molar-refractivity contribution in [2.45, 2.75) is 19.8 Å². The Kier molecular flexibility index (Phi) is 9.88. The van der Waals surface area contributed by atoms with Gasteiger partial charge in [-0.25, -0.2) is 15.0 Å². The number of carbonyl (C=O) groups excluding carboxylic acids is 1. The maximum absolute atomic E-state index is 11.9. The van der Waals surface area contributed by atoms with E-state index in [0.29, 0.717) is 24.4 Å². The van der Waals surface area contributed by atoms with Gasteiger partial charge in [0.15, 0.2) is 0 Å². The molecule has 3 rings (SSSR count). The van der Waals surface area contributed by atoms with Crippen LogP contribution < -0.4 is 20.7 Å². The van der Waals surface area contributed by atoms with Crippen LogP contribution in [-0.4, -0.2) is 48.1 Å². The standard InChI is InChI=1S/C25H30N6O2.H2S/c1-16(2)12-27-23-9-7-19(14-29-23)21-11-24(31-15-30-21)28-13-17(3)20-8-6-18(25(32)26-4)10-22(20)33-5;/h6-11,14-15,17H,1,12-13H2,2-5H3,(H,26,32)(H,27,29)(H,28,30,31);1H2/t17-;/m1./s1. The summed E-state index contributed by atoms with van der Waals surface area (Å²) in [6.45, 7) is 9.26. The number of amides is 1. The highest BCUT2D eigenvalue weighted by Gasteiger charge is 2.15. The van der Waals surface area contributed by atoms with Crippen molar-refractivity contribution in [3.63, 3.8) is 0 Å². The predicted molar refractivity (Wildman–Crippen MR) is 142 cm³/mol. The van der Waals surface area contributed by atoms with Crippen molar-refractivity contribution in [2.75, 3.05) is 37.9 Å². The number of aromatic nitrogens is 3. The third kappa shape index (κ3) is 6.95. The topological polar surface area (TPSA) is 101 Å². The summed E-state index contributed by atoms with van der Waals surface area (Å²) >= 11 is 0. The Morgan fingerprint density at radius 3 is 2.53 bits per heavy atom. The molecule has 0 aliphatic carbocycles. The number of methoxy groups -OCH3 is 1. The molecular weight excluding hydrogens is 448 g/mol. The summed E-state index contributed by atoms with van der Waals surface area (Å²) in [5.74, 6) is 2.17. The van der Waals surface area contributed by atoms with Crippen LogP contribution in [0.25, 0.3) is 11.3 Å². The molecule has 2 aromatic heterocycles. The Labute approximate surface area is 207 Å². The van der Waals surface area contributed by atoms with Crippen molar-refractivity contribution in [3.05, 3.63) is 72.2 Å². The summed E-state index contributed by atoms with van der Waals surface area (Å²) in [4.78, 5) is 25.1. The number of anilines is 2. The minimum absolute atomic E-state index is 0. The third-order valence-electron chi connectivity index (χ3n) is 5.14. The molecule has 3 aromatic rings. The molecule has 0 fully saturated rings. The number of nitrogens with one attached hydrogen (secondary N) is 3. The molecule has 0 spiro atoms. The lowest BCUT2D eigenvalue weighted by Gasteiger charge is -2.17. The lowest BCUT2D eigenvalue weighted by molar-refractivity contribution is 0.0962. The highest BCUT2D eigenvalue weighted by atomic mass is 32.1. The second-order valence-corrected chi connectivity index (χ2v) is 7.85. The van der Waals surface area contributed by atoms with E-state index < -0.39 is 0 Å². The highest BCUT2D eigenvalue weighted by Crippen LogP contribution is 2.28. The minimum Gasteiger partial charge on any atom is -0.496 e. The van der Waals surface area contributed by atoms with Gasteiger partial charge in [0.25, 0.3) is 5.91 Å². The van der Waals surface area contributed by atoms with E-state index in [1.165, 1.54) is 6.33 Å². The molecule has 0 saturated heterocycles. The zero-order chi connectivity index (χ0) is 23.8. The molecule has 0 aliphatic rings. The normalized spacial score (nSPS) is 11.1. The van der Waals surface area contributed by atoms with Gasteiger partial charge in [0.1, 0.15) is 23.7 Å². The van der Waals surface area contributed by atoms with E-state index in [1.807, 2.05) is 31.2 Å². The van der Waals surface area contributed by atoms with E-state index in [4.69, 9.17) is 4.74 Å². The van der Waals surface area contributed by atoms with Gasteiger partial charge in [-0.05, 0) is 36.8 Å². The quantitative estimate of drug-likeness (QED) is 0.374. The van der Waals surface area contributed by atoms with E-state index in [2.05, 4.69) is 44.4 Å². The molecule has 8 nitrogen and oxygen atoms in total. The Bertz CT molecular complexity index is 1120. The van der Waals surface area contributed by atoms with Crippen LogP contribution in [0.3, 0.4) is 0 Å². The van der Waals surface area contributed by atoms with Crippen LogP contribution >= 0.6 is 13.5 Å². The van der Waals surface area contributed by atoms with Gasteiger partial charge in [0, 0.05) is 49.4 Å². The highest BCUT2D eigenvalue weighted by molar-refractivity contribution is 7.59. The van der Waals surface area contributed by atoms with E-state index in [9.17, 15) is 4.79 Å². The molecule has 2 heterocycles. The van der Waals surface area contributed by atoms with Crippen molar-refractivity contribution in [2.24, 2.45) is 0 Å². The first-order chi connectivity index (χ1) is 15.9. The van der Waals surface area contributed by atoms with E-state index >= 15 is 0 Å². The van der Waals surface area contributed by atoms with Crippen molar-refractivity contribution < 1.29 is 9.53 Å². The monoisotopic (exact) mass is 480 g/mol. The molecular formula is C25H32N6O2S. The van der Waals surface area contributed by atoms with Crippen LogP contribution in [0.5, 0.6) is 5.75 Å². The van der Waals surface area contributed by atoms with Crippen molar-refractivity contribution in [1.29, 1.82) is 0 Å². The fraction of sp³-hybridized carbons (Fsp3) is 0.280. The van der Waals surface area contributed by atoms with Gasteiger partial charge in [-0.15, -0.1) is 0 Å². The molecule has 1 atom stereocenters. The summed E-state index contributed by atoms with van der Waals surface area (Å²) in [7, 11) is 3.22. The maximum atomic E-state index is 11.9. The molecule has 1 amide bonds. The average molecular weight is 481 g/mol. The number of pyridine rings is 1. The number of nitrogens with zero attached hydrogens (tertiary/aromatic N) is 3.